The first-order valence-electron chi connectivity index (χ1n) is 12.1. The number of hydrogen-bond acceptors (Lipinski definition) is 6. The number of carbonyl (C=O) groups is 1. The predicted octanol–water partition coefficient (Wildman–Crippen LogP) is 3.82. The lowest BCUT2D eigenvalue weighted by atomic mass is 9.71. The highest BCUT2D eigenvalue weighted by Gasteiger charge is 2.42. The number of fused-ring (bicyclic) bond motifs is 2. The molecule has 1 N–H and O–H groups in total. The number of aromatic nitrogens is 1. The summed E-state index contributed by atoms with van der Waals surface area (Å²) < 4.78 is 11.2. The van der Waals surface area contributed by atoms with E-state index in [1.54, 1.807) is 13.3 Å². The summed E-state index contributed by atoms with van der Waals surface area (Å²) in [5.74, 6) is 3.50. The van der Waals surface area contributed by atoms with Crippen LogP contribution in [-0.2, 0) is 20.8 Å². The lowest BCUT2D eigenvalue weighted by Crippen LogP contribution is -2.45. The number of terminal acetylenes is 1. The number of nitrogens with one attached hydrogen (secondary N) is 1. The van der Waals surface area contributed by atoms with Crippen molar-refractivity contribution in [3.63, 3.8) is 0 Å². The molecule has 5 rings (SSSR count). The summed E-state index contributed by atoms with van der Waals surface area (Å²) in [5, 5.41) is 3.46. The van der Waals surface area contributed by atoms with Crippen molar-refractivity contribution in [2.75, 3.05) is 48.5 Å². The van der Waals surface area contributed by atoms with Crippen molar-refractivity contribution in [1.29, 1.82) is 0 Å². The summed E-state index contributed by atoms with van der Waals surface area (Å²) in [6.45, 7) is 5.63. The fraction of sp³-hybridized carbons (Fsp3) is 0.481. The molecule has 0 spiro atoms. The number of anilines is 4. The van der Waals surface area contributed by atoms with Gasteiger partial charge in [0, 0.05) is 43.6 Å². The van der Waals surface area contributed by atoms with Gasteiger partial charge in [-0.2, -0.15) is 0 Å². The molecule has 0 bridgehead atoms. The molecule has 1 saturated heterocycles. The van der Waals surface area contributed by atoms with Crippen molar-refractivity contribution >= 4 is 28.8 Å². The number of rotatable bonds is 3. The number of pyridine rings is 1. The molecule has 1 amide bonds. The average Bonchev–Trinajstić information content (AvgIpc) is 3.05. The van der Waals surface area contributed by atoms with Crippen LogP contribution >= 0.6 is 0 Å². The molecule has 7 heteroatoms. The first-order valence-corrected chi connectivity index (χ1v) is 12.1. The molecular formula is C27H32N4O3. The second-order valence-electron chi connectivity index (χ2n) is 9.37. The van der Waals surface area contributed by atoms with Crippen LogP contribution in [0.3, 0.4) is 0 Å². The fourth-order valence-electron chi connectivity index (χ4n) is 5.59. The quantitative estimate of drug-likeness (QED) is 0.703. The molecule has 3 heterocycles. The molecule has 7 nitrogen and oxygen atoms in total. The van der Waals surface area contributed by atoms with Gasteiger partial charge in [-0.25, -0.2) is 4.98 Å². The fourth-order valence-corrected chi connectivity index (χ4v) is 5.59. The Morgan fingerprint density at radius 1 is 1.26 bits per heavy atom. The summed E-state index contributed by atoms with van der Waals surface area (Å²) in [5.41, 5.74) is 3.81. The van der Waals surface area contributed by atoms with Crippen molar-refractivity contribution in [2.24, 2.45) is 17.8 Å². The molecular weight excluding hydrogens is 428 g/mol. The zero-order valence-corrected chi connectivity index (χ0v) is 19.9. The van der Waals surface area contributed by atoms with Gasteiger partial charge in [0.25, 0.3) is 0 Å². The Labute approximate surface area is 201 Å². The maximum atomic E-state index is 14.2. The Bertz CT molecular complexity index is 1090. The van der Waals surface area contributed by atoms with E-state index in [9.17, 15) is 4.79 Å². The predicted molar refractivity (Wildman–Crippen MR) is 133 cm³/mol. The lowest BCUT2D eigenvalue weighted by molar-refractivity contribution is -0.127. The van der Waals surface area contributed by atoms with Crippen LogP contribution in [0, 0.1) is 30.1 Å². The van der Waals surface area contributed by atoms with E-state index in [2.05, 4.69) is 40.2 Å². The third-order valence-electron chi connectivity index (χ3n) is 7.55. The minimum atomic E-state index is -0.246. The van der Waals surface area contributed by atoms with Crippen LogP contribution in [0.2, 0.25) is 0 Å². The molecule has 1 aromatic heterocycles. The van der Waals surface area contributed by atoms with Gasteiger partial charge < -0.3 is 24.6 Å². The summed E-state index contributed by atoms with van der Waals surface area (Å²) in [6.07, 6.45) is 9.38. The molecule has 1 saturated carbocycles. The maximum absolute atomic E-state index is 14.2. The van der Waals surface area contributed by atoms with Gasteiger partial charge in [0.05, 0.1) is 43.2 Å². The SMILES string of the molecule is C#C[C@@H]1[C@H](C)[C@H](OC)CC[C@@H]1C(=O)N1Cc2cccnc2Nc2ccc(N3CCOCC3)cc21. The number of carbonyl (C=O) groups excluding carboxylic acids is 1. The van der Waals surface area contributed by atoms with E-state index in [4.69, 9.17) is 15.9 Å². The Morgan fingerprint density at radius 2 is 2.09 bits per heavy atom. The van der Waals surface area contributed by atoms with Crippen LogP contribution in [0.5, 0.6) is 0 Å². The van der Waals surface area contributed by atoms with Crippen LogP contribution in [0.4, 0.5) is 22.9 Å². The molecule has 2 aromatic rings. The van der Waals surface area contributed by atoms with Crippen LogP contribution in [0.15, 0.2) is 36.5 Å². The molecule has 0 radical (unpaired) electrons. The first kappa shape index (κ1) is 22.7. The zero-order valence-electron chi connectivity index (χ0n) is 19.9. The molecule has 4 atom stereocenters. The van der Waals surface area contributed by atoms with E-state index in [-0.39, 0.29) is 29.8 Å². The Balaban J connectivity index is 1.54. The lowest BCUT2D eigenvalue weighted by Gasteiger charge is -2.39. The van der Waals surface area contributed by atoms with Gasteiger partial charge in [0.2, 0.25) is 5.91 Å². The number of ether oxygens (including phenoxy) is 2. The average molecular weight is 461 g/mol. The smallest absolute Gasteiger partial charge is 0.231 e. The maximum Gasteiger partial charge on any atom is 0.231 e. The van der Waals surface area contributed by atoms with Crippen molar-refractivity contribution in [1.82, 2.24) is 4.98 Å². The Morgan fingerprint density at radius 3 is 2.85 bits per heavy atom. The number of morpholine rings is 1. The van der Waals surface area contributed by atoms with E-state index in [1.165, 1.54) is 0 Å². The highest BCUT2D eigenvalue weighted by atomic mass is 16.5. The topological polar surface area (TPSA) is 66.9 Å². The minimum absolute atomic E-state index is 0.0724. The van der Waals surface area contributed by atoms with Crippen LogP contribution < -0.4 is 15.1 Å². The van der Waals surface area contributed by atoms with E-state index in [0.29, 0.717) is 19.8 Å². The van der Waals surface area contributed by atoms with Crippen LogP contribution in [-0.4, -0.2) is 50.4 Å². The van der Waals surface area contributed by atoms with Gasteiger partial charge in [-0.05, 0) is 43.0 Å². The second-order valence-corrected chi connectivity index (χ2v) is 9.37. The number of nitrogens with zero attached hydrogens (tertiary/aromatic N) is 3. The van der Waals surface area contributed by atoms with Crippen molar-refractivity contribution in [3.05, 3.63) is 42.1 Å². The minimum Gasteiger partial charge on any atom is -0.381 e. The molecule has 1 aromatic carbocycles. The summed E-state index contributed by atoms with van der Waals surface area (Å²) in [4.78, 5) is 22.9. The number of methoxy groups -OCH3 is 1. The molecule has 0 unspecified atom stereocenters. The van der Waals surface area contributed by atoms with Gasteiger partial charge in [0.1, 0.15) is 5.82 Å². The number of benzene rings is 1. The van der Waals surface area contributed by atoms with E-state index in [1.807, 2.05) is 23.1 Å². The molecule has 178 valence electrons. The molecule has 1 aliphatic carbocycles. The second kappa shape index (κ2) is 9.65. The number of hydrogen-bond donors (Lipinski definition) is 1. The highest BCUT2D eigenvalue weighted by Crippen LogP contribution is 2.42. The summed E-state index contributed by atoms with van der Waals surface area (Å²) in [7, 11) is 1.73. The molecule has 3 aliphatic rings. The van der Waals surface area contributed by atoms with E-state index < -0.39 is 0 Å². The van der Waals surface area contributed by atoms with Gasteiger partial charge in [0.15, 0.2) is 0 Å². The third-order valence-corrected chi connectivity index (χ3v) is 7.55. The van der Waals surface area contributed by atoms with Gasteiger partial charge in [-0.1, -0.05) is 13.0 Å². The Hall–Kier alpha value is -3.08. The summed E-state index contributed by atoms with van der Waals surface area (Å²) in [6, 6.07) is 10.2. The molecule has 2 aliphatic heterocycles. The molecule has 34 heavy (non-hydrogen) atoms. The normalized spacial score (nSPS) is 26.5. The van der Waals surface area contributed by atoms with E-state index >= 15 is 0 Å². The third kappa shape index (κ3) is 4.13. The van der Waals surface area contributed by atoms with Crippen molar-refractivity contribution in [2.45, 2.75) is 32.4 Å². The highest BCUT2D eigenvalue weighted by molar-refractivity contribution is 6.00. The monoisotopic (exact) mass is 460 g/mol. The zero-order chi connectivity index (χ0) is 23.7. The van der Waals surface area contributed by atoms with Crippen LogP contribution in [0.25, 0.3) is 0 Å². The summed E-state index contributed by atoms with van der Waals surface area (Å²) >= 11 is 0. The number of amides is 1. The first-order chi connectivity index (χ1) is 16.6. The van der Waals surface area contributed by atoms with Crippen molar-refractivity contribution in [3.8, 4) is 12.3 Å². The van der Waals surface area contributed by atoms with Gasteiger partial charge in [-0.3, -0.25) is 4.79 Å². The largest absolute Gasteiger partial charge is 0.381 e. The van der Waals surface area contributed by atoms with Gasteiger partial charge in [-0.15, -0.1) is 12.3 Å². The molecule has 2 fully saturated rings. The van der Waals surface area contributed by atoms with Crippen molar-refractivity contribution < 1.29 is 14.3 Å². The van der Waals surface area contributed by atoms with Gasteiger partial charge >= 0.3 is 0 Å². The van der Waals surface area contributed by atoms with E-state index in [0.717, 1.165) is 54.4 Å². The standard InChI is InChI=1S/C27H32N4O3/c1-4-21-18(2)25(33-3)10-8-22(21)27(32)31-17-19-6-5-11-28-26(19)29-23-9-7-20(16-24(23)31)30-12-14-34-15-13-30/h1,5-7,9,11,16,18,21-22,25H,8,10,12-15,17H2,2-3H3,(H,28,29)/t18-,21+,22-,25+/m0/s1. The Kier molecular flexibility index (Phi) is 6.44. The van der Waals surface area contributed by atoms with Crippen LogP contribution in [0.1, 0.15) is 25.3 Å².